The lowest BCUT2D eigenvalue weighted by Gasteiger charge is -2.21. The molecule has 28 heavy (non-hydrogen) atoms. The van der Waals surface area contributed by atoms with Gasteiger partial charge in [-0.05, 0) is 82.5 Å². The van der Waals surface area contributed by atoms with Crippen LogP contribution in [0.5, 0.6) is 5.75 Å². The number of ether oxygens (including phenoxy) is 1. The molecule has 0 amide bonds. The van der Waals surface area contributed by atoms with Crippen molar-refractivity contribution in [3.05, 3.63) is 41.5 Å². The van der Waals surface area contributed by atoms with E-state index >= 15 is 0 Å². The third-order valence-electron chi connectivity index (χ3n) is 4.98. The first-order valence-corrected chi connectivity index (χ1v) is 11.3. The minimum atomic E-state index is 0.0858. The topological polar surface area (TPSA) is 29.5 Å². The van der Waals surface area contributed by atoms with E-state index in [2.05, 4.69) is 25.7 Å². The lowest BCUT2D eigenvalue weighted by molar-refractivity contribution is 0.104. The van der Waals surface area contributed by atoms with E-state index in [1.54, 1.807) is 6.08 Å². The lowest BCUT2D eigenvalue weighted by atomic mass is 10.1. The van der Waals surface area contributed by atoms with Crippen LogP contribution in [0.4, 0.5) is 0 Å². The number of rotatable bonds is 16. The van der Waals surface area contributed by atoms with Crippen molar-refractivity contribution in [2.75, 3.05) is 26.2 Å². The largest absolute Gasteiger partial charge is 0.494 e. The van der Waals surface area contributed by atoms with Crippen molar-refractivity contribution < 1.29 is 9.53 Å². The highest BCUT2D eigenvalue weighted by Crippen LogP contribution is 2.15. The zero-order valence-corrected chi connectivity index (χ0v) is 18.6. The highest BCUT2D eigenvalue weighted by Gasteiger charge is 2.06. The van der Waals surface area contributed by atoms with Crippen molar-refractivity contribution in [2.45, 2.75) is 79.1 Å². The average Bonchev–Trinajstić information content (AvgIpc) is 2.71. The molecule has 0 aliphatic heterocycles. The number of carbonyl (C=O) groups excluding carboxylic acids is 1. The first-order valence-electron chi connectivity index (χ1n) is 11.3. The van der Waals surface area contributed by atoms with E-state index in [9.17, 15) is 4.79 Å². The van der Waals surface area contributed by atoms with Crippen molar-refractivity contribution in [3.63, 3.8) is 0 Å². The molecule has 0 bridgehead atoms. The Labute approximate surface area is 173 Å². The Bertz CT molecular complexity index is 554. The summed E-state index contributed by atoms with van der Waals surface area (Å²) in [5, 5.41) is 0. The molecule has 0 aliphatic rings. The minimum Gasteiger partial charge on any atom is -0.494 e. The summed E-state index contributed by atoms with van der Waals surface area (Å²) >= 11 is 0. The predicted molar refractivity (Wildman–Crippen MR) is 120 cm³/mol. The van der Waals surface area contributed by atoms with E-state index in [0.29, 0.717) is 0 Å². The Morgan fingerprint density at radius 2 is 1.46 bits per heavy atom. The lowest BCUT2D eigenvalue weighted by Crippen LogP contribution is -2.28. The van der Waals surface area contributed by atoms with Crippen molar-refractivity contribution in [1.29, 1.82) is 0 Å². The summed E-state index contributed by atoms with van der Waals surface area (Å²) in [5.41, 5.74) is 1.89. The smallest absolute Gasteiger partial charge is 0.185 e. The number of ketones is 1. The summed E-state index contributed by atoms with van der Waals surface area (Å²) in [5.74, 6) is 0.930. The van der Waals surface area contributed by atoms with Gasteiger partial charge in [-0.3, -0.25) is 4.79 Å². The van der Waals surface area contributed by atoms with E-state index in [-0.39, 0.29) is 5.78 Å². The molecule has 0 spiro atoms. The van der Waals surface area contributed by atoms with E-state index < -0.39 is 0 Å². The summed E-state index contributed by atoms with van der Waals surface area (Å²) in [7, 11) is 0. The maximum Gasteiger partial charge on any atom is 0.185 e. The molecule has 158 valence electrons. The Balaban J connectivity index is 2.40. The van der Waals surface area contributed by atoms with Gasteiger partial charge < -0.3 is 9.64 Å². The molecule has 1 aromatic rings. The van der Waals surface area contributed by atoms with Crippen LogP contribution in [0.25, 0.3) is 0 Å². The molecule has 0 saturated heterocycles. The Kier molecular flexibility index (Phi) is 13.4. The number of carbonyl (C=O) groups is 1. The molecule has 0 fully saturated rings. The highest BCUT2D eigenvalue weighted by molar-refractivity contribution is 6.04. The zero-order valence-electron chi connectivity index (χ0n) is 18.6. The van der Waals surface area contributed by atoms with Crippen LogP contribution < -0.4 is 4.74 Å². The molecule has 3 nitrogen and oxygen atoms in total. The number of unbranched alkanes of at least 4 members (excludes halogenated alkanes) is 3. The molecule has 0 N–H and O–H groups in total. The fourth-order valence-electron chi connectivity index (χ4n) is 3.13. The second kappa shape index (κ2) is 15.3. The summed E-state index contributed by atoms with van der Waals surface area (Å²) in [6, 6.07) is 7.56. The molecule has 0 aliphatic carbocycles. The number of allylic oxidation sites excluding steroid dienone is 2. The monoisotopic (exact) mass is 387 g/mol. The van der Waals surface area contributed by atoms with Crippen LogP contribution in [-0.4, -0.2) is 36.9 Å². The molecule has 1 aromatic carbocycles. The van der Waals surface area contributed by atoms with Gasteiger partial charge in [0, 0.05) is 12.1 Å². The number of benzene rings is 1. The molecular weight excluding hydrogens is 346 g/mol. The third kappa shape index (κ3) is 10.7. The van der Waals surface area contributed by atoms with Crippen LogP contribution in [0.1, 0.15) is 89.4 Å². The van der Waals surface area contributed by atoms with Gasteiger partial charge in [0.05, 0.1) is 6.61 Å². The fraction of sp³-hybridized carbons (Fsp3) is 0.640. The molecule has 0 saturated carbocycles. The maximum absolute atomic E-state index is 12.3. The van der Waals surface area contributed by atoms with Crippen molar-refractivity contribution in [3.8, 4) is 5.75 Å². The van der Waals surface area contributed by atoms with Gasteiger partial charge in [-0.15, -0.1) is 0 Å². The van der Waals surface area contributed by atoms with Gasteiger partial charge in [0.25, 0.3) is 0 Å². The van der Waals surface area contributed by atoms with Crippen LogP contribution in [0.2, 0.25) is 0 Å². The molecule has 0 unspecified atom stereocenters. The average molecular weight is 388 g/mol. The standard InChI is InChI=1S/C25H41NO2/c1-5-8-12-22(4)21-25(27)23-13-15-24(16-14-23)28-20-11-19-26(17-9-6-2)18-10-7-3/h13-16,21H,5-12,17-20H2,1-4H3. The highest BCUT2D eigenvalue weighted by atomic mass is 16.5. The van der Waals surface area contributed by atoms with E-state index in [4.69, 9.17) is 4.74 Å². The summed E-state index contributed by atoms with van der Waals surface area (Å²) in [6.07, 6.45) is 11.1. The number of nitrogens with zero attached hydrogens (tertiary/aromatic N) is 1. The Hall–Kier alpha value is -1.61. The fourth-order valence-corrected chi connectivity index (χ4v) is 3.13. The van der Waals surface area contributed by atoms with Crippen LogP contribution in [0, 0.1) is 0 Å². The molecule has 0 radical (unpaired) electrons. The SMILES string of the molecule is CCCCC(C)=CC(=O)c1ccc(OCCCN(CCCC)CCCC)cc1. The van der Waals surface area contributed by atoms with E-state index in [1.165, 1.54) is 38.8 Å². The Morgan fingerprint density at radius 1 is 0.893 bits per heavy atom. The van der Waals surface area contributed by atoms with Gasteiger partial charge in [-0.25, -0.2) is 0 Å². The summed E-state index contributed by atoms with van der Waals surface area (Å²) in [4.78, 5) is 14.9. The van der Waals surface area contributed by atoms with E-state index in [1.807, 2.05) is 31.2 Å². The Morgan fingerprint density at radius 3 is 2.04 bits per heavy atom. The molecular formula is C25H41NO2. The van der Waals surface area contributed by atoms with Gasteiger partial charge in [0.1, 0.15) is 5.75 Å². The molecule has 1 rings (SSSR count). The first kappa shape index (κ1) is 24.4. The maximum atomic E-state index is 12.3. The normalized spacial score (nSPS) is 11.8. The number of hydrogen-bond acceptors (Lipinski definition) is 3. The summed E-state index contributed by atoms with van der Waals surface area (Å²) < 4.78 is 5.88. The minimum absolute atomic E-state index is 0.0858. The van der Waals surface area contributed by atoms with Crippen LogP contribution in [0.3, 0.4) is 0 Å². The van der Waals surface area contributed by atoms with Crippen molar-refractivity contribution in [1.82, 2.24) is 4.90 Å². The van der Waals surface area contributed by atoms with Gasteiger partial charge in [0.2, 0.25) is 0 Å². The number of hydrogen-bond donors (Lipinski definition) is 0. The van der Waals surface area contributed by atoms with Gasteiger partial charge in [-0.1, -0.05) is 45.6 Å². The van der Waals surface area contributed by atoms with Crippen LogP contribution in [0.15, 0.2) is 35.9 Å². The predicted octanol–water partition coefficient (Wildman–Crippen LogP) is 6.68. The quantitative estimate of drug-likeness (QED) is 0.180. The molecule has 0 atom stereocenters. The van der Waals surface area contributed by atoms with Gasteiger partial charge >= 0.3 is 0 Å². The van der Waals surface area contributed by atoms with Gasteiger partial charge in [-0.2, -0.15) is 0 Å². The van der Waals surface area contributed by atoms with Crippen molar-refractivity contribution in [2.24, 2.45) is 0 Å². The van der Waals surface area contributed by atoms with Crippen molar-refractivity contribution >= 4 is 5.78 Å². The third-order valence-corrected chi connectivity index (χ3v) is 4.98. The second-order valence-corrected chi connectivity index (χ2v) is 7.73. The van der Waals surface area contributed by atoms with Crippen LogP contribution >= 0.6 is 0 Å². The molecule has 0 heterocycles. The molecule has 3 heteroatoms. The second-order valence-electron chi connectivity index (χ2n) is 7.73. The zero-order chi connectivity index (χ0) is 20.6. The van der Waals surface area contributed by atoms with Crippen LogP contribution in [-0.2, 0) is 0 Å². The molecule has 0 aromatic heterocycles. The first-order chi connectivity index (χ1) is 13.6. The summed E-state index contributed by atoms with van der Waals surface area (Å²) in [6.45, 7) is 12.9. The van der Waals surface area contributed by atoms with E-state index in [0.717, 1.165) is 55.7 Å². The van der Waals surface area contributed by atoms with Gasteiger partial charge in [0.15, 0.2) is 5.78 Å².